The molecule has 0 unspecified atom stereocenters. The Kier molecular flexibility index (Phi) is 7.20. The number of carbonyl (C=O) groups is 1. The molecule has 6 nitrogen and oxygen atoms in total. The highest BCUT2D eigenvalue weighted by Gasteiger charge is 2.15. The highest BCUT2D eigenvalue weighted by molar-refractivity contribution is 7.89. The van der Waals surface area contributed by atoms with E-state index in [0.717, 1.165) is 37.9 Å². The zero-order chi connectivity index (χ0) is 17.4. The highest BCUT2D eigenvalue weighted by atomic mass is 32.2. The van der Waals surface area contributed by atoms with Gasteiger partial charge in [0.1, 0.15) is 0 Å². The molecule has 7 heteroatoms. The van der Waals surface area contributed by atoms with Gasteiger partial charge in [0.05, 0.1) is 4.90 Å². The Morgan fingerprint density at radius 1 is 1.21 bits per heavy atom. The van der Waals surface area contributed by atoms with Crippen LogP contribution in [-0.4, -0.2) is 34.0 Å². The summed E-state index contributed by atoms with van der Waals surface area (Å²) in [4.78, 5) is 12.2. The second-order valence-electron chi connectivity index (χ2n) is 6.15. The van der Waals surface area contributed by atoms with Crippen molar-refractivity contribution < 1.29 is 13.2 Å². The molecule has 1 aliphatic heterocycles. The molecule has 0 atom stereocenters. The van der Waals surface area contributed by atoms with Gasteiger partial charge in [-0.05, 0) is 56.0 Å². The fourth-order valence-corrected chi connectivity index (χ4v) is 3.90. The van der Waals surface area contributed by atoms with Gasteiger partial charge in [0.15, 0.2) is 0 Å². The Bertz CT molecular complexity index is 623. The SMILES string of the molecule is CCNS(=O)(=O)c1ccc(CNC(=O)CCC2CCNCC2)cc1. The predicted molar refractivity (Wildman–Crippen MR) is 94.0 cm³/mol. The van der Waals surface area contributed by atoms with Crippen LogP contribution in [0.25, 0.3) is 0 Å². The average molecular weight is 353 g/mol. The summed E-state index contributed by atoms with van der Waals surface area (Å²) in [5, 5.41) is 6.23. The molecule has 0 bridgehead atoms. The highest BCUT2D eigenvalue weighted by Crippen LogP contribution is 2.17. The Hall–Kier alpha value is -1.44. The summed E-state index contributed by atoms with van der Waals surface area (Å²) < 4.78 is 26.2. The molecular formula is C17H27N3O3S. The van der Waals surface area contributed by atoms with Crippen LogP contribution in [0.1, 0.15) is 38.2 Å². The lowest BCUT2D eigenvalue weighted by Crippen LogP contribution is -2.29. The summed E-state index contributed by atoms with van der Waals surface area (Å²) in [6, 6.07) is 6.59. The third kappa shape index (κ3) is 5.89. The van der Waals surface area contributed by atoms with Crippen molar-refractivity contribution in [3.8, 4) is 0 Å². The summed E-state index contributed by atoms with van der Waals surface area (Å²) in [5.74, 6) is 0.699. The zero-order valence-corrected chi connectivity index (χ0v) is 15.0. The van der Waals surface area contributed by atoms with Crippen LogP contribution < -0.4 is 15.4 Å². The largest absolute Gasteiger partial charge is 0.352 e. The van der Waals surface area contributed by atoms with Gasteiger partial charge in [0, 0.05) is 19.5 Å². The normalized spacial score (nSPS) is 16.0. The van der Waals surface area contributed by atoms with Gasteiger partial charge in [0.2, 0.25) is 15.9 Å². The van der Waals surface area contributed by atoms with E-state index >= 15 is 0 Å². The van der Waals surface area contributed by atoms with Gasteiger partial charge >= 0.3 is 0 Å². The number of amides is 1. The summed E-state index contributed by atoms with van der Waals surface area (Å²) in [6.45, 7) is 4.62. The van der Waals surface area contributed by atoms with E-state index < -0.39 is 10.0 Å². The number of rotatable bonds is 8. The number of hydrogen-bond acceptors (Lipinski definition) is 4. The number of nitrogens with one attached hydrogen (secondary N) is 3. The van der Waals surface area contributed by atoms with E-state index in [9.17, 15) is 13.2 Å². The third-order valence-electron chi connectivity index (χ3n) is 4.30. The van der Waals surface area contributed by atoms with Crippen molar-refractivity contribution in [1.82, 2.24) is 15.4 Å². The lowest BCUT2D eigenvalue weighted by Gasteiger charge is -2.22. The minimum absolute atomic E-state index is 0.0536. The van der Waals surface area contributed by atoms with Crippen LogP contribution >= 0.6 is 0 Å². The molecular weight excluding hydrogens is 326 g/mol. The Balaban J connectivity index is 1.76. The molecule has 1 aromatic rings. The predicted octanol–water partition coefficient (Wildman–Crippen LogP) is 1.38. The van der Waals surface area contributed by atoms with Gasteiger partial charge in [0.25, 0.3) is 0 Å². The molecule has 1 fully saturated rings. The molecule has 1 saturated heterocycles. The molecule has 2 rings (SSSR count). The smallest absolute Gasteiger partial charge is 0.240 e. The molecule has 3 N–H and O–H groups in total. The number of hydrogen-bond donors (Lipinski definition) is 3. The van der Waals surface area contributed by atoms with Gasteiger partial charge < -0.3 is 10.6 Å². The number of sulfonamides is 1. The first-order valence-electron chi connectivity index (χ1n) is 8.57. The minimum Gasteiger partial charge on any atom is -0.352 e. The molecule has 0 aromatic heterocycles. The van der Waals surface area contributed by atoms with E-state index in [0.29, 0.717) is 25.4 Å². The van der Waals surface area contributed by atoms with Gasteiger partial charge in [-0.25, -0.2) is 13.1 Å². The molecule has 0 radical (unpaired) electrons. The molecule has 1 aromatic carbocycles. The number of piperidine rings is 1. The molecule has 1 amide bonds. The van der Waals surface area contributed by atoms with E-state index in [4.69, 9.17) is 0 Å². The maximum Gasteiger partial charge on any atom is 0.240 e. The second kappa shape index (κ2) is 9.15. The van der Waals surface area contributed by atoms with Crippen LogP contribution in [-0.2, 0) is 21.4 Å². The second-order valence-corrected chi connectivity index (χ2v) is 7.92. The van der Waals surface area contributed by atoms with E-state index in [-0.39, 0.29) is 10.8 Å². The Morgan fingerprint density at radius 3 is 2.50 bits per heavy atom. The quantitative estimate of drug-likeness (QED) is 0.659. The van der Waals surface area contributed by atoms with E-state index in [1.807, 2.05) is 0 Å². The van der Waals surface area contributed by atoms with Crippen LogP contribution in [0, 0.1) is 5.92 Å². The first kappa shape index (κ1) is 18.9. The Labute approximate surface area is 144 Å². The number of carbonyl (C=O) groups excluding carboxylic acids is 1. The van der Waals surface area contributed by atoms with Gasteiger partial charge in [-0.3, -0.25) is 4.79 Å². The first-order valence-corrected chi connectivity index (χ1v) is 10.1. The molecule has 24 heavy (non-hydrogen) atoms. The average Bonchev–Trinajstić information content (AvgIpc) is 2.59. The Morgan fingerprint density at radius 2 is 1.88 bits per heavy atom. The van der Waals surface area contributed by atoms with Gasteiger partial charge in [-0.15, -0.1) is 0 Å². The fraction of sp³-hybridized carbons (Fsp3) is 0.588. The minimum atomic E-state index is -3.42. The standard InChI is InChI=1S/C17H27N3O3S/c1-2-20-24(22,23)16-6-3-15(4-7-16)13-19-17(21)8-5-14-9-11-18-12-10-14/h3-4,6-7,14,18,20H,2,5,8-13H2,1H3,(H,19,21). The maximum absolute atomic E-state index is 11.9. The lowest BCUT2D eigenvalue weighted by atomic mass is 9.93. The van der Waals surface area contributed by atoms with Crippen molar-refractivity contribution in [2.75, 3.05) is 19.6 Å². The molecule has 0 spiro atoms. The fourth-order valence-electron chi connectivity index (χ4n) is 2.85. The number of benzene rings is 1. The molecule has 134 valence electrons. The summed E-state index contributed by atoms with van der Waals surface area (Å²) in [5.41, 5.74) is 0.890. The summed E-state index contributed by atoms with van der Waals surface area (Å²) in [7, 11) is -3.42. The van der Waals surface area contributed by atoms with Gasteiger partial charge in [-0.1, -0.05) is 19.1 Å². The van der Waals surface area contributed by atoms with Crippen molar-refractivity contribution in [3.63, 3.8) is 0 Å². The van der Waals surface area contributed by atoms with Crippen molar-refractivity contribution in [2.45, 2.75) is 44.0 Å². The molecule has 1 heterocycles. The van der Waals surface area contributed by atoms with Crippen molar-refractivity contribution in [1.29, 1.82) is 0 Å². The van der Waals surface area contributed by atoms with E-state index in [1.54, 1.807) is 31.2 Å². The lowest BCUT2D eigenvalue weighted by molar-refractivity contribution is -0.121. The van der Waals surface area contributed by atoms with Crippen LogP contribution in [0.5, 0.6) is 0 Å². The van der Waals surface area contributed by atoms with Crippen molar-refractivity contribution in [3.05, 3.63) is 29.8 Å². The summed E-state index contributed by atoms with van der Waals surface area (Å²) in [6.07, 6.45) is 3.79. The molecule has 1 aliphatic rings. The van der Waals surface area contributed by atoms with Crippen LogP contribution in [0.15, 0.2) is 29.2 Å². The maximum atomic E-state index is 11.9. The topological polar surface area (TPSA) is 87.3 Å². The van der Waals surface area contributed by atoms with Crippen LogP contribution in [0.4, 0.5) is 0 Å². The zero-order valence-electron chi connectivity index (χ0n) is 14.2. The molecule has 0 saturated carbocycles. The summed E-state index contributed by atoms with van der Waals surface area (Å²) >= 11 is 0. The molecule has 0 aliphatic carbocycles. The third-order valence-corrected chi connectivity index (χ3v) is 5.86. The van der Waals surface area contributed by atoms with E-state index in [1.165, 1.54) is 0 Å². The van der Waals surface area contributed by atoms with Crippen LogP contribution in [0.3, 0.4) is 0 Å². The van der Waals surface area contributed by atoms with Gasteiger partial charge in [-0.2, -0.15) is 0 Å². The van der Waals surface area contributed by atoms with Crippen molar-refractivity contribution >= 4 is 15.9 Å². The van der Waals surface area contributed by atoms with Crippen LogP contribution in [0.2, 0.25) is 0 Å². The van der Waals surface area contributed by atoms with Crippen molar-refractivity contribution in [2.24, 2.45) is 5.92 Å². The van der Waals surface area contributed by atoms with E-state index in [2.05, 4.69) is 15.4 Å². The first-order chi connectivity index (χ1) is 11.5. The monoisotopic (exact) mass is 353 g/mol.